The number of aliphatic hydroxyl groups excluding tert-OH is 2. The van der Waals surface area contributed by atoms with Gasteiger partial charge in [-0.1, -0.05) is 0 Å². The summed E-state index contributed by atoms with van der Waals surface area (Å²) >= 11 is 0. The first kappa shape index (κ1) is 4.77. The Balaban J connectivity index is 2.42. The summed E-state index contributed by atoms with van der Waals surface area (Å²) < 4.78 is 3.39. The minimum absolute atomic E-state index is 0.782. The van der Waals surface area contributed by atoms with Gasteiger partial charge in [0.15, 0.2) is 0 Å². The van der Waals surface area contributed by atoms with E-state index < -0.39 is 12.6 Å². The van der Waals surface area contributed by atoms with Gasteiger partial charge >= 0.3 is 0 Å². The molecule has 1 rings (SSSR count). The van der Waals surface area contributed by atoms with Gasteiger partial charge in [0.05, 0.1) is 0 Å². The molecular weight excluding hydrogens is 96.0 g/mol. The highest BCUT2D eigenvalue weighted by molar-refractivity contribution is 4.91. The van der Waals surface area contributed by atoms with Gasteiger partial charge in [-0.2, -0.15) is 0 Å². The van der Waals surface area contributed by atoms with Gasteiger partial charge in [0.25, 0.3) is 12.6 Å². The summed E-state index contributed by atoms with van der Waals surface area (Å²) in [6.07, 6.45) is 1.31. The molecule has 0 saturated heterocycles. The van der Waals surface area contributed by atoms with Crippen molar-refractivity contribution in [3.05, 3.63) is 12.2 Å². The maximum atomic E-state index is 8.49. The van der Waals surface area contributed by atoms with Crippen molar-refractivity contribution in [1.29, 1.82) is 0 Å². The van der Waals surface area contributed by atoms with E-state index in [1.165, 1.54) is 12.2 Å². The van der Waals surface area contributed by atoms with Crippen molar-refractivity contribution in [2.75, 3.05) is 0 Å². The van der Waals surface area contributed by atoms with Gasteiger partial charge in [0, 0.05) is 12.2 Å². The summed E-state index contributed by atoms with van der Waals surface area (Å²) in [5.74, 6) is 0. The lowest BCUT2D eigenvalue weighted by atomic mass is 10.5. The van der Waals surface area contributed by atoms with Crippen molar-refractivity contribution in [3.8, 4) is 0 Å². The van der Waals surface area contributed by atoms with E-state index in [4.69, 9.17) is 10.2 Å². The minimum Gasteiger partial charge on any atom is -0.379 e. The third-order valence-corrected chi connectivity index (χ3v) is 0.761. The van der Waals surface area contributed by atoms with E-state index in [-0.39, 0.29) is 0 Å². The topological polar surface area (TPSA) is 53.3 Å². The van der Waals surface area contributed by atoms with Crippen LogP contribution in [0.3, 0.4) is 0 Å². The van der Waals surface area contributed by atoms with Crippen LogP contribution >= 0.6 is 0 Å². The van der Waals surface area contributed by atoms with Gasteiger partial charge in [-0.25, -0.2) is 0 Å². The van der Waals surface area contributed by atoms with Gasteiger partial charge in [0.2, 0.25) is 0 Å². The summed E-state index contributed by atoms with van der Waals surface area (Å²) in [5, 5.41) is 17.0. The second-order valence-corrected chi connectivity index (χ2v) is 1.36. The van der Waals surface area contributed by atoms with Gasteiger partial charge < -0.3 is 14.9 Å². The van der Waals surface area contributed by atoms with Gasteiger partial charge in [-0.15, -0.1) is 0 Å². The maximum Gasteiger partial charge on any atom is 0.285 e. The molecule has 0 fully saturated rings. The average molecular weight is 103 g/mol. The molecule has 0 aromatic carbocycles. The standard InChI is InChI=1S/C4H6O3/c5-3-1-2-4(6)7-3/h1-6H/p+1/t3-,4?/m1/s1. The summed E-state index contributed by atoms with van der Waals surface area (Å²) in [6, 6.07) is 0. The van der Waals surface area contributed by atoms with Gasteiger partial charge in [0.1, 0.15) is 0 Å². The van der Waals surface area contributed by atoms with Crippen LogP contribution in [0.5, 0.6) is 0 Å². The van der Waals surface area contributed by atoms with Crippen LogP contribution in [0.4, 0.5) is 0 Å². The molecule has 0 bridgehead atoms. The molecule has 0 aliphatic carbocycles. The van der Waals surface area contributed by atoms with Crippen molar-refractivity contribution in [1.82, 2.24) is 0 Å². The zero-order valence-electron chi connectivity index (χ0n) is 3.65. The molecule has 1 aliphatic heterocycles. The quantitative estimate of drug-likeness (QED) is 0.296. The first-order valence-corrected chi connectivity index (χ1v) is 2.03. The van der Waals surface area contributed by atoms with Crippen molar-refractivity contribution < 1.29 is 14.9 Å². The van der Waals surface area contributed by atoms with Crippen LogP contribution in [0.2, 0.25) is 0 Å². The van der Waals surface area contributed by atoms with Gasteiger partial charge in [-0.05, 0) is 0 Å². The highest BCUT2D eigenvalue weighted by Gasteiger charge is 2.17. The molecule has 0 radical (unpaired) electrons. The van der Waals surface area contributed by atoms with Crippen LogP contribution in [-0.2, 0) is 0 Å². The average Bonchev–Trinajstić information content (AvgIpc) is 1.87. The Morgan fingerprint density at radius 2 is 1.57 bits per heavy atom. The fraction of sp³-hybridized carbons (Fsp3) is 0.500. The van der Waals surface area contributed by atoms with Crippen LogP contribution in [-0.4, -0.2) is 27.5 Å². The van der Waals surface area contributed by atoms with E-state index in [0.717, 1.165) is 0 Å². The molecular formula is C4H7O3+. The number of hydrogen-bond donors (Lipinski definition) is 2. The molecule has 40 valence electrons. The minimum atomic E-state index is -0.782. The van der Waals surface area contributed by atoms with Crippen LogP contribution in [0.1, 0.15) is 0 Å². The number of ether oxygens (including phenoxy) is 1. The smallest absolute Gasteiger partial charge is 0.285 e. The monoisotopic (exact) mass is 103 g/mol. The molecule has 3 heteroatoms. The van der Waals surface area contributed by atoms with Crippen LogP contribution in [0.25, 0.3) is 0 Å². The number of aliphatic hydroxyl groups is 4. The van der Waals surface area contributed by atoms with Crippen LogP contribution in [0, 0.1) is 0 Å². The Kier molecular flexibility index (Phi) is 1.10. The van der Waals surface area contributed by atoms with Crippen molar-refractivity contribution >= 4 is 0 Å². The largest absolute Gasteiger partial charge is 0.379 e. The zero-order chi connectivity index (χ0) is 5.28. The lowest BCUT2D eigenvalue weighted by molar-refractivity contribution is -0.259. The first-order chi connectivity index (χ1) is 3.29. The molecule has 0 spiro atoms. The zero-order valence-corrected chi connectivity index (χ0v) is 3.65. The Morgan fingerprint density at radius 3 is 1.71 bits per heavy atom. The Bertz CT molecular complexity index is 78.9. The van der Waals surface area contributed by atoms with Crippen molar-refractivity contribution in [2.24, 2.45) is 0 Å². The molecule has 2 atom stereocenters. The molecule has 3 N–H and O–H groups in total. The number of rotatable bonds is 0. The van der Waals surface area contributed by atoms with E-state index in [0.29, 0.717) is 0 Å². The van der Waals surface area contributed by atoms with Crippen molar-refractivity contribution in [3.63, 3.8) is 0 Å². The van der Waals surface area contributed by atoms with E-state index >= 15 is 0 Å². The summed E-state index contributed by atoms with van der Waals surface area (Å²) in [7, 11) is 0. The molecule has 3 nitrogen and oxygen atoms in total. The van der Waals surface area contributed by atoms with Crippen LogP contribution < -0.4 is 0 Å². The molecule has 1 aliphatic rings. The highest BCUT2D eigenvalue weighted by Crippen LogP contribution is 2.00. The van der Waals surface area contributed by atoms with E-state index in [1.807, 2.05) is 0 Å². The normalized spacial score (nSPS) is 39.7. The molecule has 0 aromatic rings. The third-order valence-electron chi connectivity index (χ3n) is 0.761. The van der Waals surface area contributed by atoms with E-state index in [2.05, 4.69) is 4.74 Å². The molecule has 1 unspecified atom stereocenters. The molecule has 0 aromatic heterocycles. The lowest BCUT2D eigenvalue weighted by Crippen LogP contribution is -2.15. The fourth-order valence-corrected chi connectivity index (χ4v) is 0.455. The van der Waals surface area contributed by atoms with Crippen molar-refractivity contribution in [2.45, 2.75) is 12.6 Å². The third kappa shape index (κ3) is 0.991. The second-order valence-electron chi connectivity index (χ2n) is 1.36. The van der Waals surface area contributed by atoms with E-state index in [1.54, 1.807) is 0 Å². The molecule has 0 saturated carbocycles. The molecule has 7 heavy (non-hydrogen) atoms. The van der Waals surface area contributed by atoms with E-state index in [9.17, 15) is 0 Å². The Labute approximate surface area is 40.8 Å². The summed E-state index contributed by atoms with van der Waals surface area (Å²) in [4.78, 5) is 0. The fourth-order valence-electron chi connectivity index (χ4n) is 0.455. The lowest BCUT2D eigenvalue weighted by Gasteiger charge is -1.96. The SMILES string of the molecule is OC1C=C[C@H](O)[OH+]1. The number of hydrogen-bond acceptors (Lipinski definition) is 2. The van der Waals surface area contributed by atoms with Gasteiger partial charge in [-0.3, -0.25) is 0 Å². The maximum absolute atomic E-state index is 8.49. The molecule has 0 amide bonds. The highest BCUT2D eigenvalue weighted by atomic mass is 16.7. The predicted octanol–water partition coefficient (Wildman–Crippen LogP) is -1.28. The predicted molar refractivity (Wildman–Crippen MR) is 23.4 cm³/mol. The first-order valence-electron chi connectivity index (χ1n) is 2.03. The summed E-state index contributed by atoms with van der Waals surface area (Å²) in [6.45, 7) is 0. The Morgan fingerprint density at radius 1 is 1.14 bits per heavy atom. The Hall–Kier alpha value is -0.380. The summed E-state index contributed by atoms with van der Waals surface area (Å²) in [5.41, 5.74) is 0. The molecule has 1 heterocycles. The van der Waals surface area contributed by atoms with Crippen LogP contribution in [0.15, 0.2) is 12.2 Å². The second kappa shape index (κ2) is 1.61.